The van der Waals surface area contributed by atoms with E-state index in [0.29, 0.717) is 11.3 Å². The smallest absolute Gasteiger partial charge is 0.149 e. The second-order valence-corrected chi connectivity index (χ2v) is 4.87. The number of para-hydroxylation sites is 1. The van der Waals surface area contributed by atoms with Crippen molar-refractivity contribution in [1.82, 2.24) is 0 Å². The lowest BCUT2D eigenvalue weighted by molar-refractivity contribution is 0.246. The van der Waals surface area contributed by atoms with Gasteiger partial charge in [-0.2, -0.15) is 5.26 Å². The van der Waals surface area contributed by atoms with Crippen molar-refractivity contribution in [2.45, 2.75) is 6.10 Å². The first kappa shape index (κ1) is 13.9. The summed E-state index contributed by atoms with van der Waals surface area (Å²) in [5.74, 6) is 0.679. The van der Waals surface area contributed by atoms with Gasteiger partial charge in [0.15, 0.2) is 0 Å². The summed E-state index contributed by atoms with van der Waals surface area (Å²) in [6.45, 7) is 0. The molecule has 1 atom stereocenters. The third-order valence-corrected chi connectivity index (χ3v) is 3.35. The van der Waals surface area contributed by atoms with Gasteiger partial charge in [-0.15, -0.1) is 0 Å². The minimum atomic E-state index is -0.270. The molecule has 105 valence electrons. The van der Waals surface area contributed by atoms with E-state index in [1.54, 1.807) is 6.07 Å². The molecule has 3 aromatic rings. The number of nitrogens with zero attached hydrogens (tertiary/aromatic N) is 1. The van der Waals surface area contributed by atoms with Crippen LogP contribution in [0.2, 0.25) is 0 Å². The van der Waals surface area contributed by atoms with Gasteiger partial charge in [0.2, 0.25) is 0 Å². The normalized spacial score (nSPS) is 11.4. The van der Waals surface area contributed by atoms with E-state index in [4.69, 9.17) is 10.00 Å². The van der Waals surface area contributed by atoms with Gasteiger partial charge in [0.25, 0.3) is 0 Å². The zero-order valence-corrected chi connectivity index (χ0v) is 11.9. The molecule has 0 fully saturated rings. The molecule has 3 rings (SSSR count). The molecule has 0 heterocycles. The Morgan fingerprint density at radius 3 is 2.36 bits per heavy atom. The van der Waals surface area contributed by atoms with Crippen LogP contribution in [0.15, 0.2) is 78.9 Å². The van der Waals surface area contributed by atoms with Crippen molar-refractivity contribution >= 4 is 0 Å². The maximum Gasteiger partial charge on any atom is 0.149 e. The minimum Gasteiger partial charge on any atom is -0.480 e. The highest BCUT2D eigenvalue weighted by molar-refractivity contribution is 5.38. The van der Waals surface area contributed by atoms with Crippen LogP contribution in [0, 0.1) is 17.4 Å². The van der Waals surface area contributed by atoms with Gasteiger partial charge in [0.1, 0.15) is 11.9 Å². The predicted molar refractivity (Wildman–Crippen MR) is 85.3 cm³/mol. The van der Waals surface area contributed by atoms with E-state index < -0.39 is 0 Å². The zero-order valence-electron chi connectivity index (χ0n) is 11.9. The summed E-state index contributed by atoms with van der Waals surface area (Å²) in [6.07, 6.45) is -0.270. The largest absolute Gasteiger partial charge is 0.480 e. The number of hydrogen-bond acceptors (Lipinski definition) is 2. The summed E-state index contributed by atoms with van der Waals surface area (Å²) in [4.78, 5) is 0. The van der Waals surface area contributed by atoms with Gasteiger partial charge in [0, 0.05) is 6.07 Å². The molecule has 0 spiro atoms. The fourth-order valence-corrected chi connectivity index (χ4v) is 2.30. The Kier molecular flexibility index (Phi) is 4.17. The maximum absolute atomic E-state index is 9.11. The fraction of sp³-hybridized carbons (Fsp3) is 0.0500. The standard InChI is InChI=1S/C20H14NO/c21-15-16-8-7-11-18(14-16)20(17-9-3-1-4-10-17)22-19-12-5-2-6-13-19/h1-12,14,20H. The lowest BCUT2D eigenvalue weighted by Crippen LogP contribution is -2.09. The Morgan fingerprint density at radius 2 is 1.64 bits per heavy atom. The number of benzene rings is 3. The predicted octanol–water partition coefficient (Wildman–Crippen LogP) is 4.53. The van der Waals surface area contributed by atoms with Crippen molar-refractivity contribution in [2.75, 3.05) is 0 Å². The average Bonchev–Trinajstić information content (AvgIpc) is 2.61. The highest BCUT2D eigenvalue weighted by Crippen LogP contribution is 2.28. The third kappa shape index (κ3) is 3.16. The van der Waals surface area contributed by atoms with Crippen LogP contribution >= 0.6 is 0 Å². The molecule has 0 aromatic heterocycles. The Labute approximate surface area is 130 Å². The molecule has 0 aliphatic rings. The highest BCUT2D eigenvalue weighted by Gasteiger charge is 2.16. The summed E-state index contributed by atoms with van der Waals surface area (Å²) in [7, 11) is 0. The topological polar surface area (TPSA) is 33.0 Å². The van der Waals surface area contributed by atoms with Crippen LogP contribution in [0.25, 0.3) is 0 Å². The van der Waals surface area contributed by atoms with Gasteiger partial charge in [-0.05, 0) is 29.3 Å². The second-order valence-electron chi connectivity index (χ2n) is 4.87. The first-order chi connectivity index (χ1) is 10.9. The molecule has 0 saturated heterocycles. The van der Waals surface area contributed by atoms with Crippen LogP contribution < -0.4 is 4.74 Å². The Balaban J connectivity index is 2.01. The van der Waals surface area contributed by atoms with Crippen molar-refractivity contribution in [2.24, 2.45) is 0 Å². The van der Waals surface area contributed by atoms with E-state index in [0.717, 1.165) is 11.1 Å². The molecule has 0 bridgehead atoms. The summed E-state index contributed by atoms with van der Waals surface area (Å²) in [6, 6.07) is 30.3. The van der Waals surface area contributed by atoms with Crippen LogP contribution in [-0.4, -0.2) is 0 Å². The first-order valence-electron chi connectivity index (χ1n) is 7.05. The second kappa shape index (κ2) is 6.60. The molecule has 1 unspecified atom stereocenters. The monoisotopic (exact) mass is 284 g/mol. The third-order valence-electron chi connectivity index (χ3n) is 3.35. The fourth-order valence-electron chi connectivity index (χ4n) is 2.30. The van der Waals surface area contributed by atoms with Crippen LogP contribution in [0.5, 0.6) is 5.75 Å². The number of nitriles is 1. The van der Waals surface area contributed by atoms with E-state index in [2.05, 4.69) is 12.1 Å². The summed E-state index contributed by atoms with van der Waals surface area (Å²) < 4.78 is 6.12. The molecule has 0 N–H and O–H groups in total. The van der Waals surface area contributed by atoms with E-state index >= 15 is 0 Å². The van der Waals surface area contributed by atoms with E-state index in [1.165, 1.54) is 0 Å². The molecule has 0 aliphatic heterocycles. The molecular formula is C20H14NO. The van der Waals surface area contributed by atoms with Gasteiger partial charge in [0.05, 0.1) is 11.6 Å². The van der Waals surface area contributed by atoms with E-state index in [-0.39, 0.29) is 6.10 Å². The van der Waals surface area contributed by atoms with Gasteiger partial charge >= 0.3 is 0 Å². The Morgan fingerprint density at radius 1 is 0.864 bits per heavy atom. The summed E-state index contributed by atoms with van der Waals surface area (Å²) in [5, 5.41) is 9.11. The molecule has 0 saturated carbocycles. The van der Waals surface area contributed by atoms with Gasteiger partial charge in [-0.25, -0.2) is 0 Å². The van der Waals surface area contributed by atoms with Gasteiger partial charge in [-0.1, -0.05) is 60.7 Å². The van der Waals surface area contributed by atoms with Crippen molar-refractivity contribution < 1.29 is 4.74 Å². The zero-order chi connectivity index (χ0) is 15.2. The lowest BCUT2D eigenvalue weighted by Gasteiger charge is -2.20. The molecule has 2 nitrogen and oxygen atoms in total. The average molecular weight is 284 g/mol. The number of ether oxygens (including phenoxy) is 1. The maximum atomic E-state index is 9.11. The van der Waals surface area contributed by atoms with Crippen molar-refractivity contribution in [1.29, 1.82) is 5.26 Å². The molecule has 2 heteroatoms. The first-order valence-corrected chi connectivity index (χ1v) is 7.05. The van der Waals surface area contributed by atoms with Gasteiger partial charge in [-0.3, -0.25) is 0 Å². The van der Waals surface area contributed by atoms with Gasteiger partial charge < -0.3 is 4.74 Å². The van der Waals surface area contributed by atoms with Crippen molar-refractivity contribution in [3.63, 3.8) is 0 Å². The Bertz CT molecular complexity index is 776. The highest BCUT2D eigenvalue weighted by atomic mass is 16.5. The SMILES string of the molecule is N#Cc1cccc(C(Oc2[c]cccc2)c2ccccc2)c1. The van der Waals surface area contributed by atoms with Crippen molar-refractivity contribution in [3.8, 4) is 11.8 Å². The molecule has 22 heavy (non-hydrogen) atoms. The van der Waals surface area contributed by atoms with Crippen LogP contribution in [0.4, 0.5) is 0 Å². The minimum absolute atomic E-state index is 0.270. The molecule has 0 amide bonds. The molecular weight excluding hydrogens is 270 g/mol. The molecule has 3 aromatic carbocycles. The number of rotatable bonds is 4. The van der Waals surface area contributed by atoms with Crippen LogP contribution in [-0.2, 0) is 0 Å². The Hall–Kier alpha value is -3.05. The summed E-state index contributed by atoms with van der Waals surface area (Å²) >= 11 is 0. The van der Waals surface area contributed by atoms with Crippen LogP contribution in [0.3, 0.4) is 0 Å². The molecule has 1 radical (unpaired) electrons. The van der Waals surface area contributed by atoms with E-state index in [9.17, 15) is 0 Å². The lowest BCUT2D eigenvalue weighted by atomic mass is 9.99. The van der Waals surface area contributed by atoms with Crippen LogP contribution in [0.1, 0.15) is 22.8 Å². The number of hydrogen-bond donors (Lipinski definition) is 0. The molecule has 0 aliphatic carbocycles. The van der Waals surface area contributed by atoms with E-state index in [1.807, 2.05) is 72.8 Å². The summed E-state index contributed by atoms with van der Waals surface area (Å²) in [5.41, 5.74) is 2.61. The quantitative estimate of drug-likeness (QED) is 0.705. The van der Waals surface area contributed by atoms with Crippen molar-refractivity contribution in [3.05, 3.63) is 102 Å².